The van der Waals surface area contributed by atoms with Crippen LogP contribution in [-0.2, 0) is 5.41 Å². The average molecular weight is 883 g/mol. The van der Waals surface area contributed by atoms with E-state index in [4.69, 9.17) is 0 Å². The van der Waals surface area contributed by atoms with E-state index in [9.17, 15) is 0 Å². The van der Waals surface area contributed by atoms with Gasteiger partial charge in [0.25, 0.3) is 0 Å². The van der Waals surface area contributed by atoms with Crippen LogP contribution in [0.2, 0.25) is 0 Å². The first-order chi connectivity index (χ1) is 34.1. The van der Waals surface area contributed by atoms with Crippen LogP contribution in [0.15, 0.2) is 273 Å². The third kappa shape index (κ3) is 7.03. The molecule has 11 aromatic rings. The summed E-state index contributed by atoms with van der Waals surface area (Å²) in [6.07, 6.45) is 6.77. The smallest absolute Gasteiger partial charge is 0.0711 e. The number of aromatic nitrogens is 1. The molecule has 0 saturated carbocycles. The molecule has 2 heteroatoms. The lowest BCUT2D eigenvalue weighted by Crippen LogP contribution is -2.29. The topological polar surface area (TPSA) is 8.17 Å². The first kappa shape index (κ1) is 41.7. The van der Waals surface area contributed by atoms with E-state index in [1.54, 1.807) is 0 Å². The van der Waals surface area contributed by atoms with E-state index in [0.717, 1.165) is 33.9 Å². The number of fused-ring (bicyclic) bond motifs is 6. The van der Waals surface area contributed by atoms with Gasteiger partial charge in [0, 0.05) is 33.5 Å². The third-order valence-corrected chi connectivity index (χ3v) is 14.1. The number of anilines is 3. The lowest BCUT2D eigenvalue weighted by molar-refractivity contribution is 0.765. The van der Waals surface area contributed by atoms with Crippen molar-refractivity contribution in [2.24, 2.45) is 0 Å². The summed E-state index contributed by atoms with van der Waals surface area (Å²) in [6.45, 7) is 4.29. The number of nitrogens with zero attached hydrogens (tertiary/aromatic N) is 2. The molecule has 1 aromatic heterocycles. The Bertz CT molecular complexity index is 3730. The average Bonchev–Trinajstić information content (AvgIpc) is 3.91. The van der Waals surface area contributed by atoms with E-state index in [-0.39, 0.29) is 0 Å². The molecule has 1 aliphatic carbocycles. The Morgan fingerprint density at radius 2 is 0.942 bits per heavy atom. The van der Waals surface area contributed by atoms with E-state index < -0.39 is 5.41 Å². The minimum atomic E-state index is -0.519. The highest BCUT2D eigenvalue weighted by molar-refractivity contribution is 6.10. The molecule has 0 N–H and O–H groups in total. The van der Waals surface area contributed by atoms with Crippen LogP contribution in [0.4, 0.5) is 17.1 Å². The van der Waals surface area contributed by atoms with Gasteiger partial charge in [0.1, 0.15) is 0 Å². The van der Waals surface area contributed by atoms with Gasteiger partial charge in [-0.1, -0.05) is 194 Å². The number of benzene rings is 10. The molecule has 328 valence electrons. The Balaban J connectivity index is 1.00. The minimum Gasteiger partial charge on any atom is -0.310 e. The van der Waals surface area contributed by atoms with Gasteiger partial charge in [-0.05, 0) is 153 Å². The molecule has 0 saturated heterocycles. The van der Waals surface area contributed by atoms with Gasteiger partial charge < -0.3 is 9.47 Å². The fourth-order valence-electron chi connectivity index (χ4n) is 11.1. The number of allylic oxidation sites excluding steroid dienone is 4. The zero-order valence-electron chi connectivity index (χ0n) is 38.8. The van der Waals surface area contributed by atoms with E-state index >= 15 is 0 Å². The van der Waals surface area contributed by atoms with Crippen molar-refractivity contribution in [1.82, 2.24) is 4.57 Å². The third-order valence-electron chi connectivity index (χ3n) is 14.1. The number of hydrogen-bond acceptors (Lipinski definition) is 1. The van der Waals surface area contributed by atoms with Crippen molar-refractivity contribution >= 4 is 38.9 Å². The summed E-state index contributed by atoms with van der Waals surface area (Å²) in [5.74, 6) is 0. The summed E-state index contributed by atoms with van der Waals surface area (Å²) in [7, 11) is 0. The number of hydrogen-bond donors (Lipinski definition) is 0. The molecule has 1 aliphatic rings. The fraction of sp³-hybridized carbons (Fsp3) is 0.0448. The summed E-state index contributed by atoms with van der Waals surface area (Å²) in [5.41, 5.74) is 21.0. The molecule has 0 spiro atoms. The molecule has 0 amide bonds. The summed E-state index contributed by atoms with van der Waals surface area (Å²) >= 11 is 0. The first-order valence-electron chi connectivity index (χ1n) is 24.0. The van der Waals surface area contributed by atoms with Crippen LogP contribution in [-0.4, -0.2) is 4.57 Å². The van der Waals surface area contributed by atoms with Crippen molar-refractivity contribution in [3.05, 3.63) is 289 Å². The van der Waals surface area contributed by atoms with Gasteiger partial charge in [-0.3, -0.25) is 0 Å². The lowest BCUT2D eigenvalue weighted by Gasteiger charge is -2.35. The number of para-hydroxylation sites is 2. The van der Waals surface area contributed by atoms with Gasteiger partial charge in [-0.25, -0.2) is 0 Å². The van der Waals surface area contributed by atoms with Crippen molar-refractivity contribution in [3.8, 4) is 50.2 Å². The zero-order chi connectivity index (χ0) is 46.3. The predicted molar refractivity (Wildman–Crippen MR) is 292 cm³/mol. The van der Waals surface area contributed by atoms with E-state index in [2.05, 4.69) is 290 Å². The van der Waals surface area contributed by atoms with Crippen LogP contribution in [0, 0.1) is 0 Å². The molecule has 0 radical (unpaired) electrons. The van der Waals surface area contributed by atoms with Crippen LogP contribution in [0.25, 0.3) is 72.0 Å². The fourth-order valence-corrected chi connectivity index (χ4v) is 11.1. The highest BCUT2D eigenvalue weighted by atomic mass is 15.1. The van der Waals surface area contributed by atoms with E-state index in [1.807, 2.05) is 0 Å². The Kier molecular flexibility index (Phi) is 10.6. The maximum atomic E-state index is 2.46. The highest BCUT2D eigenvalue weighted by Gasteiger charge is 2.46. The highest BCUT2D eigenvalue weighted by Crippen LogP contribution is 2.58. The minimum absolute atomic E-state index is 0.519. The van der Waals surface area contributed by atoms with Gasteiger partial charge in [0.15, 0.2) is 0 Å². The van der Waals surface area contributed by atoms with Gasteiger partial charge in [0.2, 0.25) is 0 Å². The van der Waals surface area contributed by atoms with Gasteiger partial charge in [-0.2, -0.15) is 0 Å². The molecule has 0 bridgehead atoms. The standard InChI is InChI=1S/C67H50N2/c1-3-20-53(4-2)67(54-26-10-6-11-27-54)63-33-16-14-31-59(63)60-41-40-58(46-64(60)67)68(56-38-35-48(36-39-56)47-21-8-5-9-22-47)57-30-19-25-51(44-57)49-23-18-24-50(43-49)52-37-42-66-62(45-52)61-32-15-17-34-65(61)69(66)55-28-12-7-13-29-55/h3-46H,1-2H3/b20-3-,53-4+. The molecule has 0 fully saturated rings. The van der Waals surface area contributed by atoms with Crippen LogP contribution < -0.4 is 4.90 Å². The molecular formula is C67H50N2. The summed E-state index contributed by atoms with van der Waals surface area (Å²) in [4.78, 5) is 2.43. The molecule has 12 rings (SSSR count). The van der Waals surface area contributed by atoms with Gasteiger partial charge in [0.05, 0.1) is 16.4 Å². The second-order valence-corrected chi connectivity index (χ2v) is 17.9. The monoisotopic (exact) mass is 882 g/mol. The summed E-state index contributed by atoms with van der Waals surface area (Å²) in [6, 6.07) is 91.2. The SMILES string of the molecule is C/C=C\C(=C/C)C1(c2ccccc2)c2ccccc2-c2ccc(N(c3ccc(-c4ccccc4)cc3)c3cccc(-c4cccc(-c5ccc6c(c5)c5ccccc5n6-c5ccccc5)c4)c3)cc21. The Morgan fingerprint density at radius 1 is 0.391 bits per heavy atom. The maximum Gasteiger partial charge on any atom is 0.0711 e. The predicted octanol–water partition coefficient (Wildman–Crippen LogP) is 18.1. The summed E-state index contributed by atoms with van der Waals surface area (Å²) in [5, 5.41) is 2.49. The molecule has 2 nitrogen and oxygen atoms in total. The molecule has 0 aliphatic heterocycles. The van der Waals surface area contributed by atoms with Crippen LogP contribution in [0.1, 0.15) is 30.5 Å². The second kappa shape index (κ2) is 17.5. The Morgan fingerprint density at radius 3 is 1.70 bits per heavy atom. The Hall–Kier alpha value is -8.72. The van der Waals surface area contributed by atoms with Crippen LogP contribution in [0.5, 0.6) is 0 Å². The van der Waals surface area contributed by atoms with Gasteiger partial charge in [-0.15, -0.1) is 0 Å². The Labute approximate surface area is 405 Å². The molecular weight excluding hydrogens is 833 g/mol. The van der Waals surface area contributed by atoms with E-state index in [0.29, 0.717) is 0 Å². The second-order valence-electron chi connectivity index (χ2n) is 17.9. The van der Waals surface area contributed by atoms with Crippen LogP contribution in [0.3, 0.4) is 0 Å². The van der Waals surface area contributed by atoms with Crippen molar-refractivity contribution in [1.29, 1.82) is 0 Å². The van der Waals surface area contributed by atoms with Gasteiger partial charge >= 0.3 is 0 Å². The summed E-state index contributed by atoms with van der Waals surface area (Å²) < 4.78 is 2.38. The zero-order valence-corrected chi connectivity index (χ0v) is 38.8. The molecule has 69 heavy (non-hydrogen) atoms. The lowest BCUT2D eigenvalue weighted by atomic mass is 9.67. The van der Waals surface area contributed by atoms with Crippen molar-refractivity contribution in [3.63, 3.8) is 0 Å². The van der Waals surface area contributed by atoms with Crippen molar-refractivity contribution in [2.75, 3.05) is 4.90 Å². The molecule has 1 unspecified atom stereocenters. The van der Waals surface area contributed by atoms with Crippen molar-refractivity contribution < 1.29 is 0 Å². The first-order valence-corrected chi connectivity index (χ1v) is 24.0. The maximum absolute atomic E-state index is 2.46. The van der Waals surface area contributed by atoms with Crippen LogP contribution >= 0.6 is 0 Å². The van der Waals surface area contributed by atoms with E-state index in [1.165, 1.54) is 77.5 Å². The molecule has 1 atom stereocenters. The largest absolute Gasteiger partial charge is 0.310 e. The normalized spacial score (nSPS) is 14.3. The van der Waals surface area contributed by atoms with Crippen molar-refractivity contribution in [2.45, 2.75) is 19.3 Å². The molecule has 1 heterocycles. The molecule has 10 aromatic carbocycles. The quantitative estimate of drug-likeness (QED) is 0.124. The number of rotatable bonds is 10.